The van der Waals surface area contributed by atoms with Crippen molar-refractivity contribution in [1.82, 2.24) is 19.9 Å². The number of amides is 2. The molecular weight excluding hydrogens is 408 g/mol. The first-order valence-corrected chi connectivity index (χ1v) is 10.1. The van der Waals surface area contributed by atoms with Gasteiger partial charge in [-0.25, -0.2) is 9.97 Å². The quantitative estimate of drug-likeness (QED) is 0.613. The second-order valence-corrected chi connectivity index (χ2v) is 7.74. The number of nitrogens with one attached hydrogen (secondary N) is 1. The molecule has 1 aliphatic rings. The molecule has 9 nitrogen and oxygen atoms in total. The SMILES string of the molecule is COc1c(Nc2cc(Cc3cc(C)nc(C)n3)nc3c2C(=O)N(C)C3)cccc1C(N)=O. The number of carbonyl (C=O) groups is 2. The number of carbonyl (C=O) groups excluding carboxylic acids is 2. The Kier molecular flexibility index (Phi) is 5.48. The van der Waals surface area contributed by atoms with Crippen LogP contribution in [0.3, 0.4) is 0 Å². The average molecular weight is 432 g/mol. The molecule has 0 saturated heterocycles. The number of benzene rings is 1. The van der Waals surface area contributed by atoms with Crippen molar-refractivity contribution in [2.45, 2.75) is 26.8 Å². The largest absolute Gasteiger partial charge is 0.494 e. The zero-order chi connectivity index (χ0) is 23.0. The van der Waals surface area contributed by atoms with Gasteiger partial charge in [-0.3, -0.25) is 14.6 Å². The maximum absolute atomic E-state index is 12.8. The number of primary amides is 1. The van der Waals surface area contributed by atoms with E-state index in [1.807, 2.05) is 26.0 Å². The second-order valence-electron chi connectivity index (χ2n) is 7.74. The van der Waals surface area contributed by atoms with Crippen molar-refractivity contribution in [2.24, 2.45) is 5.73 Å². The highest BCUT2D eigenvalue weighted by molar-refractivity contribution is 6.04. The molecule has 0 saturated carbocycles. The van der Waals surface area contributed by atoms with Crippen LogP contribution < -0.4 is 15.8 Å². The number of anilines is 2. The number of nitrogens with zero attached hydrogens (tertiary/aromatic N) is 4. The lowest BCUT2D eigenvalue weighted by Crippen LogP contribution is -2.18. The maximum Gasteiger partial charge on any atom is 0.257 e. The lowest BCUT2D eigenvalue weighted by molar-refractivity contribution is 0.0816. The molecule has 4 rings (SSSR count). The Morgan fingerprint density at radius 3 is 2.59 bits per heavy atom. The number of hydrogen-bond donors (Lipinski definition) is 2. The summed E-state index contributed by atoms with van der Waals surface area (Å²) in [4.78, 5) is 39.8. The van der Waals surface area contributed by atoms with E-state index in [1.54, 1.807) is 30.1 Å². The lowest BCUT2D eigenvalue weighted by atomic mass is 10.1. The van der Waals surface area contributed by atoms with Gasteiger partial charge in [-0.05, 0) is 38.1 Å². The third kappa shape index (κ3) is 3.96. The summed E-state index contributed by atoms with van der Waals surface area (Å²) < 4.78 is 5.44. The van der Waals surface area contributed by atoms with Crippen LogP contribution in [0.1, 0.15) is 49.3 Å². The minimum Gasteiger partial charge on any atom is -0.494 e. The van der Waals surface area contributed by atoms with Crippen LogP contribution in [-0.4, -0.2) is 45.8 Å². The predicted octanol–water partition coefficient (Wildman–Crippen LogP) is 2.52. The molecule has 3 N–H and O–H groups in total. The highest BCUT2D eigenvalue weighted by Gasteiger charge is 2.30. The number of nitrogens with two attached hydrogens (primary N) is 1. The molecule has 0 fully saturated rings. The van der Waals surface area contributed by atoms with Gasteiger partial charge < -0.3 is 20.7 Å². The summed E-state index contributed by atoms with van der Waals surface area (Å²) in [6, 6.07) is 8.81. The molecule has 0 aliphatic carbocycles. The number of rotatable bonds is 6. The molecule has 3 aromatic rings. The normalized spacial score (nSPS) is 12.6. The van der Waals surface area contributed by atoms with Crippen molar-refractivity contribution < 1.29 is 14.3 Å². The van der Waals surface area contributed by atoms with E-state index in [1.165, 1.54) is 7.11 Å². The van der Waals surface area contributed by atoms with Gasteiger partial charge in [0.2, 0.25) is 0 Å². The maximum atomic E-state index is 12.8. The van der Waals surface area contributed by atoms with Crippen LogP contribution in [0.5, 0.6) is 5.75 Å². The van der Waals surface area contributed by atoms with Crippen LogP contribution >= 0.6 is 0 Å². The molecule has 2 aromatic heterocycles. The van der Waals surface area contributed by atoms with E-state index in [0.29, 0.717) is 47.2 Å². The molecule has 164 valence electrons. The Morgan fingerprint density at radius 1 is 1.16 bits per heavy atom. The minimum atomic E-state index is -0.601. The third-order valence-electron chi connectivity index (χ3n) is 5.23. The summed E-state index contributed by atoms with van der Waals surface area (Å²) in [7, 11) is 3.20. The zero-order valence-corrected chi connectivity index (χ0v) is 18.4. The standard InChI is InChI=1S/C23H24N6O3/c1-12-8-14(26-13(2)25-12)9-15-10-18(20-19(27-15)11-29(3)23(20)31)28-17-7-5-6-16(22(24)30)21(17)32-4/h5-8,10H,9,11H2,1-4H3,(H2,24,30)(H,27,28). The Morgan fingerprint density at radius 2 is 1.91 bits per heavy atom. The summed E-state index contributed by atoms with van der Waals surface area (Å²) in [6.45, 7) is 4.19. The molecule has 9 heteroatoms. The van der Waals surface area contributed by atoms with Gasteiger partial charge in [0, 0.05) is 24.9 Å². The Balaban J connectivity index is 1.79. The Hall–Kier alpha value is -4.01. The number of fused-ring (bicyclic) bond motifs is 1. The van der Waals surface area contributed by atoms with Crippen LogP contribution in [0.15, 0.2) is 30.3 Å². The number of aryl methyl sites for hydroxylation is 2. The summed E-state index contributed by atoms with van der Waals surface area (Å²) in [5, 5.41) is 3.27. The smallest absolute Gasteiger partial charge is 0.257 e. The van der Waals surface area contributed by atoms with Gasteiger partial charge in [-0.2, -0.15) is 0 Å². The van der Waals surface area contributed by atoms with Crippen LogP contribution in [0.4, 0.5) is 11.4 Å². The first kappa shape index (κ1) is 21.2. The van der Waals surface area contributed by atoms with E-state index >= 15 is 0 Å². The molecule has 0 radical (unpaired) electrons. The van der Waals surface area contributed by atoms with Gasteiger partial charge in [0.25, 0.3) is 11.8 Å². The first-order valence-electron chi connectivity index (χ1n) is 10.1. The fraction of sp³-hybridized carbons (Fsp3) is 0.261. The topological polar surface area (TPSA) is 123 Å². The van der Waals surface area contributed by atoms with Gasteiger partial charge in [-0.1, -0.05) is 6.07 Å². The second kappa shape index (κ2) is 8.26. The van der Waals surface area contributed by atoms with E-state index in [9.17, 15) is 9.59 Å². The lowest BCUT2D eigenvalue weighted by Gasteiger charge is -2.16. The van der Waals surface area contributed by atoms with E-state index in [-0.39, 0.29) is 11.5 Å². The molecule has 0 atom stereocenters. The van der Waals surface area contributed by atoms with Crippen LogP contribution in [0.2, 0.25) is 0 Å². The summed E-state index contributed by atoms with van der Waals surface area (Å²) in [5.74, 6) is 0.284. The number of pyridine rings is 1. The van der Waals surface area contributed by atoms with Crippen LogP contribution in [0.25, 0.3) is 0 Å². The third-order valence-corrected chi connectivity index (χ3v) is 5.23. The molecule has 3 heterocycles. The fourth-order valence-electron chi connectivity index (χ4n) is 3.95. The monoisotopic (exact) mass is 432 g/mol. The fourth-order valence-corrected chi connectivity index (χ4v) is 3.95. The van der Waals surface area contributed by atoms with E-state index in [2.05, 4.69) is 15.3 Å². The van der Waals surface area contributed by atoms with E-state index in [4.69, 9.17) is 15.5 Å². The highest BCUT2D eigenvalue weighted by atomic mass is 16.5. The van der Waals surface area contributed by atoms with Crippen molar-refractivity contribution in [3.8, 4) is 5.75 Å². The number of ether oxygens (including phenoxy) is 1. The zero-order valence-electron chi connectivity index (χ0n) is 18.4. The first-order chi connectivity index (χ1) is 15.3. The highest BCUT2D eigenvalue weighted by Crippen LogP contribution is 2.35. The van der Waals surface area contributed by atoms with Crippen molar-refractivity contribution >= 4 is 23.2 Å². The number of methoxy groups -OCH3 is 1. The molecule has 32 heavy (non-hydrogen) atoms. The van der Waals surface area contributed by atoms with E-state index < -0.39 is 5.91 Å². The minimum absolute atomic E-state index is 0.125. The van der Waals surface area contributed by atoms with Gasteiger partial charge in [0.15, 0.2) is 5.75 Å². The predicted molar refractivity (Wildman–Crippen MR) is 119 cm³/mol. The molecular formula is C23H24N6O3. The summed E-state index contributed by atoms with van der Waals surface area (Å²) in [5.41, 5.74) is 10.5. The molecule has 0 spiro atoms. The van der Waals surface area contributed by atoms with Crippen LogP contribution in [0, 0.1) is 13.8 Å². The van der Waals surface area contributed by atoms with Gasteiger partial charge in [0.05, 0.1) is 47.5 Å². The van der Waals surface area contributed by atoms with Gasteiger partial charge >= 0.3 is 0 Å². The Labute approximate surface area is 185 Å². The summed E-state index contributed by atoms with van der Waals surface area (Å²) in [6.07, 6.45) is 0.489. The molecule has 1 aromatic carbocycles. The average Bonchev–Trinajstić information content (AvgIpc) is 3.00. The van der Waals surface area contributed by atoms with Crippen molar-refractivity contribution in [3.05, 3.63) is 70.1 Å². The molecule has 0 bridgehead atoms. The molecule has 2 amide bonds. The number of para-hydroxylation sites is 1. The molecule has 1 aliphatic heterocycles. The van der Waals surface area contributed by atoms with Crippen molar-refractivity contribution in [1.29, 1.82) is 0 Å². The Bertz CT molecular complexity index is 1220. The van der Waals surface area contributed by atoms with Crippen molar-refractivity contribution in [3.63, 3.8) is 0 Å². The molecule has 0 unspecified atom stereocenters. The summed E-state index contributed by atoms with van der Waals surface area (Å²) >= 11 is 0. The van der Waals surface area contributed by atoms with Crippen LogP contribution in [-0.2, 0) is 13.0 Å². The number of hydrogen-bond acceptors (Lipinski definition) is 7. The number of aromatic nitrogens is 3. The van der Waals surface area contributed by atoms with Gasteiger partial charge in [0.1, 0.15) is 5.82 Å². The van der Waals surface area contributed by atoms with Gasteiger partial charge in [-0.15, -0.1) is 0 Å². The van der Waals surface area contributed by atoms with E-state index in [0.717, 1.165) is 17.1 Å². The van der Waals surface area contributed by atoms with Crippen molar-refractivity contribution in [2.75, 3.05) is 19.5 Å².